The Kier molecular flexibility index (Phi) is 8.92. The van der Waals surface area contributed by atoms with Gasteiger partial charge in [0.25, 0.3) is 5.79 Å². The Hall–Kier alpha value is -0.890. The number of carboxylic acid groups (broad SMARTS) is 1. The number of aliphatic hydroxyl groups excluding tert-OH is 6. The molecule has 1 rings (SSSR count). The van der Waals surface area contributed by atoms with E-state index in [-0.39, 0.29) is 13.2 Å². The Morgan fingerprint density at radius 2 is 1.77 bits per heavy atom. The summed E-state index contributed by atoms with van der Waals surface area (Å²) in [6, 6.07) is -1.21. The molecule has 0 aromatic heterocycles. The van der Waals surface area contributed by atoms with Gasteiger partial charge >= 0.3 is 5.97 Å². The molecule has 0 bridgehead atoms. The summed E-state index contributed by atoms with van der Waals surface area (Å²) in [5, 5.41) is 70.7. The van der Waals surface area contributed by atoms with Crippen LogP contribution in [0.5, 0.6) is 0 Å². The molecule has 22 heavy (non-hydrogen) atoms. The van der Waals surface area contributed by atoms with E-state index >= 15 is 0 Å². The molecule has 0 aliphatic carbocycles. The Labute approximate surface area is 125 Å². The smallest absolute Gasteiger partial charge is 0.364 e. The first kappa shape index (κ1) is 21.1. The Morgan fingerprint density at radius 1 is 1.27 bits per heavy atom. The highest BCUT2D eigenvalue weighted by molar-refractivity contribution is 5.75. The second kappa shape index (κ2) is 9.29. The van der Waals surface area contributed by atoms with Gasteiger partial charge in [-0.1, -0.05) is 0 Å². The maximum atomic E-state index is 10.8. The highest BCUT2D eigenvalue weighted by Crippen LogP contribution is 2.29. The van der Waals surface area contributed by atoms with Crippen molar-refractivity contribution in [2.45, 2.75) is 42.7 Å². The molecule has 1 aliphatic rings. The molecular weight excluding hydrogens is 306 g/mol. The van der Waals surface area contributed by atoms with Gasteiger partial charge in [0, 0.05) is 6.42 Å². The van der Waals surface area contributed by atoms with Crippen molar-refractivity contribution in [1.82, 2.24) is 0 Å². The van der Waals surface area contributed by atoms with Crippen LogP contribution in [0.3, 0.4) is 0 Å². The predicted molar refractivity (Wildman–Crippen MR) is 69.3 cm³/mol. The van der Waals surface area contributed by atoms with Gasteiger partial charge in [-0.25, -0.2) is 4.79 Å². The fourth-order valence-electron chi connectivity index (χ4n) is 1.75. The first-order chi connectivity index (χ1) is 10.1. The molecule has 0 aromatic carbocycles. The van der Waals surface area contributed by atoms with Gasteiger partial charge in [-0.3, -0.25) is 0 Å². The van der Waals surface area contributed by atoms with Gasteiger partial charge in [-0.2, -0.15) is 0 Å². The van der Waals surface area contributed by atoms with Gasteiger partial charge in [0.05, 0.1) is 32.0 Å². The van der Waals surface area contributed by atoms with Crippen LogP contribution in [0.25, 0.3) is 0 Å². The highest BCUT2D eigenvalue weighted by atomic mass is 16.7. The number of carbonyl (C=O) groups is 1. The van der Waals surface area contributed by atoms with Crippen LogP contribution in [-0.4, -0.2) is 103 Å². The van der Waals surface area contributed by atoms with E-state index in [2.05, 4.69) is 0 Å². The molecule has 0 amide bonds. The van der Waals surface area contributed by atoms with Crippen molar-refractivity contribution in [3.8, 4) is 0 Å². The number of carboxylic acids is 1. The molecule has 11 heteroatoms. The summed E-state index contributed by atoms with van der Waals surface area (Å²) in [4.78, 5) is 10.8. The summed E-state index contributed by atoms with van der Waals surface area (Å²) in [5.41, 5.74) is 5.51. The van der Waals surface area contributed by atoms with Crippen molar-refractivity contribution in [2.75, 3.05) is 19.8 Å². The van der Waals surface area contributed by atoms with E-state index in [0.29, 0.717) is 0 Å². The molecule has 1 heterocycles. The standard InChI is InChI=1S/C9H17NO8.C2H6O2/c10-5-3(12)1-9(17,8(15)16)18-7(5)6(14)4(13)2-11;3-1-2-4/h3-7,11-14,17H,1-2,10H2,(H,15,16);3-4H,1-2H2/t3-,4?,5+,6?,7+,9?;/m0./s1. The van der Waals surface area contributed by atoms with Crippen LogP contribution in [0.2, 0.25) is 0 Å². The second-order valence-corrected chi connectivity index (χ2v) is 4.71. The average Bonchev–Trinajstić information content (AvgIpc) is 2.49. The van der Waals surface area contributed by atoms with Crippen LogP contribution in [0.15, 0.2) is 0 Å². The molecule has 10 N–H and O–H groups in total. The Balaban J connectivity index is 0.000000980. The van der Waals surface area contributed by atoms with E-state index in [4.69, 9.17) is 30.9 Å². The molecule has 0 aromatic rings. The van der Waals surface area contributed by atoms with Crippen LogP contribution in [0.1, 0.15) is 6.42 Å². The van der Waals surface area contributed by atoms with Gasteiger partial charge < -0.3 is 51.3 Å². The molecule has 132 valence electrons. The number of hydrogen-bond donors (Lipinski definition) is 9. The highest BCUT2D eigenvalue weighted by Gasteiger charge is 2.52. The molecule has 1 aliphatic heterocycles. The fraction of sp³-hybridized carbons (Fsp3) is 0.909. The lowest BCUT2D eigenvalue weighted by atomic mass is 9.89. The van der Waals surface area contributed by atoms with Crippen molar-refractivity contribution in [2.24, 2.45) is 5.73 Å². The van der Waals surface area contributed by atoms with Crippen molar-refractivity contribution >= 4 is 5.97 Å². The number of aliphatic hydroxyl groups is 7. The van der Waals surface area contributed by atoms with Gasteiger partial charge in [0.2, 0.25) is 0 Å². The van der Waals surface area contributed by atoms with Gasteiger partial charge in [-0.15, -0.1) is 0 Å². The average molecular weight is 329 g/mol. The zero-order valence-electron chi connectivity index (χ0n) is 11.7. The molecule has 0 saturated carbocycles. The Bertz CT molecular complexity index is 341. The molecule has 1 fully saturated rings. The molecule has 1 saturated heterocycles. The molecule has 0 spiro atoms. The zero-order chi connectivity index (χ0) is 17.5. The first-order valence-corrected chi connectivity index (χ1v) is 6.40. The summed E-state index contributed by atoms with van der Waals surface area (Å²) in [7, 11) is 0. The summed E-state index contributed by atoms with van der Waals surface area (Å²) in [6.45, 7) is -1.06. The third-order valence-corrected chi connectivity index (χ3v) is 2.99. The maximum absolute atomic E-state index is 10.8. The van der Waals surface area contributed by atoms with E-state index in [1.54, 1.807) is 0 Å². The number of ether oxygens (including phenoxy) is 1. The Morgan fingerprint density at radius 3 is 2.14 bits per heavy atom. The van der Waals surface area contributed by atoms with Gasteiger partial charge in [0.15, 0.2) is 0 Å². The van der Waals surface area contributed by atoms with E-state index < -0.39 is 55.2 Å². The van der Waals surface area contributed by atoms with E-state index in [1.807, 2.05) is 0 Å². The maximum Gasteiger partial charge on any atom is 0.364 e. The zero-order valence-corrected chi connectivity index (χ0v) is 11.7. The number of aliphatic carboxylic acids is 1. The normalized spacial score (nSPS) is 34.3. The SMILES string of the molecule is N[C@@H]1[C@@H](O)CC(O)(C(=O)O)O[C@H]1C(O)C(O)CO.OCCO. The van der Waals surface area contributed by atoms with Crippen LogP contribution in [-0.2, 0) is 9.53 Å². The van der Waals surface area contributed by atoms with Crippen molar-refractivity contribution in [1.29, 1.82) is 0 Å². The van der Waals surface area contributed by atoms with E-state index in [9.17, 15) is 25.2 Å². The molecule has 6 atom stereocenters. The van der Waals surface area contributed by atoms with E-state index in [1.165, 1.54) is 0 Å². The molecular formula is C11H23NO10. The van der Waals surface area contributed by atoms with Crippen LogP contribution in [0.4, 0.5) is 0 Å². The van der Waals surface area contributed by atoms with Gasteiger partial charge in [-0.05, 0) is 0 Å². The minimum Gasteiger partial charge on any atom is -0.477 e. The lowest BCUT2D eigenvalue weighted by Gasteiger charge is -2.43. The van der Waals surface area contributed by atoms with Crippen LogP contribution < -0.4 is 5.73 Å². The summed E-state index contributed by atoms with van der Waals surface area (Å²) in [5.74, 6) is -4.44. The summed E-state index contributed by atoms with van der Waals surface area (Å²) in [6.07, 6.45) is -7.01. The van der Waals surface area contributed by atoms with Crippen LogP contribution >= 0.6 is 0 Å². The quantitative estimate of drug-likeness (QED) is 0.232. The number of nitrogens with two attached hydrogens (primary N) is 1. The second-order valence-electron chi connectivity index (χ2n) is 4.71. The lowest BCUT2D eigenvalue weighted by Crippen LogP contribution is -2.65. The predicted octanol–water partition coefficient (Wildman–Crippen LogP) is -5.08. The van der Waals surface area contributed by atoms with Crippen molar-refractivity contribution in [3.63, 3.8) is 0 Å². The van der Waals surface area contributed by atoms with E-state index in [0.717, 1.165) is 0 Å². The summed E-state index contributed by atoms with van der Waals surface area (Å²) < 4.78 is 4.75. The monoisotopic (exact) mass is 329 g/mol. The molecule has 11 nitrogen and oxygen atoms in total. The molecule has 0 radical (unpaired) electrons. The lowest BCUT2D eigenvalue weighted by molar-refractivity contribution is -0.292. The van der Waals surface area contributed by atoms with Gasteiger partial charge in [0.1, 0.15) is 18.3 Å². The third kappa shape index (κ3) is 5.39. The topological polar surface area (TPSA) is 214 Å². The van der Waals surface area contributed by atoms with Crippen molar-refractivity contribution in [3.05, 3.63) is 0 Å². The largest absolute Gasteiger partial charge is 0.477 e. The number of hydrogen-bond acceptors (Lipinski definition) is 10. The van der Waals surface area contributed by atoms with Crippen LogP contribution in [0, 0.1) is 0 Å². The third-order valence-electron chi connectivity index (χ3n) is 2.99. The minimum absolute atomic E-state index is 0.125. The van der Waals surface area contributed by atoms with Crippen molar-refractivity contribution < 1.29 is 50.4 Å². The first-order valence-electron chi connectivity index (χ1n) is 6.40. The minimum atomic E-state index is -2.70. The summed E-state index contributed by atoms with van der Waals surface area (Å²) >= 11 is 0. The fourth-order valence-corrected chi connectivity index (χ4v) is 1.75. The molecule has 3 unspecified atom stereocenters. The number of rotatable bonds is 5.